The topological polar surface area (TPSA) is 79.2 Å². The molecule has 1 aliphatic heterocycles. The number of thioether (sulfide) groups is 1. The molecule has 1 fully saturated rings. The van der Waals surface area contributed by atoms with Crippen molar-refractivity contribution in [3.63, 3.8) is 0 Å². The van der Waals surface area contributed by atoms with Crippen LogP contribution in [0.15, 0.2) is 82.7 Å². The van der Waals surface area contributed by atoms with E-state index in [1.165, 1.54) is 11.8 Å². The number of ether oxygens (including phenoxy) is 1. The average molecular weight is 459 g/mol. The van der Waals surface area contributed by atoms with Crippen LogP contribution in [0.2, 0.25) is 0 Å². The monoisotopic (exact) mass is 458 g/mol. The van der Waals surface area contributed by atoms with Gasteiger partial charge in [0.15, 0.2) is 11.8 Å². The SMILES string of the molecule is Cc1ccccc1N=C1SC(=Cc2ccccc2OCC(=O)O)C(=O)N1c1ccccc1C. The molecule has 0 saturated carbocycles. The first-order valence-electron chi connectivity index (χ1n) is 10.3. The largest absolute Gasteiger partial charge is 0.481 e. The van der Waals surface area contributed by atoms with Gasteiger partial charge < -0.3 is 9.84 Å². The van der Waals surface area contributed by atoms with Crippen molar-refractivity contribution >= 4 is 46.3 Å². The summed E-state index contributed by atoms with van der Waals surface area (Å²) in [6.45, 7) is 3.47. The Morgan fingerprint density at radius 3 is 2.39 bits per heavy atom. The maximum absolute atomic E-state index is 13.5. The molecule has 0 spiro atoms. The summed E-state index contributed by atoms with van der Waals surface area (Å²) < 4.78 is 5.40. The van der Waals surface area contributed by atoms with Crippen LogP contribution in [0.3, 0.4) is 0 Å². The molecule has 4 rings (SSSR count). The zero-order valence-electron chi connectivity index (χ0n) is 18.2. The number of aryl methyl sites for hydroxylation is 2. The fourth-order valence-electron chi connectivity index (χ4n) is 3.38. The van der Waals surface area contributed by atoms with E-state index in [0.717, 1.165) is 22.5 Å². The van der Waals surface area contributed by atoms with Gasteiger partial charge in [-0.15, -0.1) is 0 Å². The summed E-state index contributed by atoms with van der Waals surface area (Å²) in [5.41, 5.74) is 4.14. The number of carbonyl (C=O) groups excluding carboxylic acids is 1. The molecule has 0 radical (unpaired) electrons. The predicted molar refractivity (Wildman–Crippen MR) is 132 cm³/mol. The Balaban J connectivity index is 1.78. The van der Waals surface area contributed by atoms with Crippen molar-refractivity contribution in [1.29, 1.82) is 0 Å². The highest BCUT2D eigenvalue weighted by molar-refractivity contribution is 8.19. The summed E-state index contributed by atoms with van der Waals surface area (Å²) in [5, 5.41) is 9.51. The van der Waals surface area contributed by atoms with Crippen LogP contribution in [0.25, 0.3) is 6.08 Å². The van der Waals surface area contributed by atoms with Crippen LogP contribution in [0.1, 0.15) is 16.7 Å². The third-order valence-corrected chi connectivity index (χ3v) is 6.02. The highest BCUT2D eigenvalue weighted by Gasteiger charge is 2.35. The van der Waals surface area contributed by atoms with E-state index < -0.39 is 12.6 Å². The predicted octanol–water partition coefficient (Wildman–Crippen LogP) is 5.58. The van der Waals surface area contributed by atoms with Crippen LogP contribution in [0, 0.1) is 13.8 Å². The number of nitrogens with zero attached hydrogens (tertiary/aromatic N) is 2. The van der Waals surface area contributed by atoms with Gasteiger partial charge in [-0.3, -0.25) is 9.69 Å². The fraction of sp³-hybridized carbons (Fsp3) is 0.115. The number of carboxylic acid groups (broad SMARTS) is 1. The van der Waals surface area contributed by atoms with E-state index in [2.05, 4.69) is 0 Å². The number of anilines is 1. The maximum Gasteiger partial charge on any atom is 0.341 e. The minimum atomic E-state index is -1.07. The number of aliphatic imine (C=N–C) groups is 1. The van der Waals surface area contributed by atoms with Crippen LogP contribution < -0.4 is 9.64 Å². The molecule has 33 heavy (non-hydrogen) atoms. The van der Waals surface area contributed by atoms with E-state index in [1.807, 2.05) is 68.4 Å². The molecule has 1 heterocycles. The van der Waals surface area contributed by atoms with Gasteiger partial charge in [-0.25, -0.2) is 9.79 Å². The van der Waals surface area contributed by atoms with Gasteiger partial charge in [-0.05, 0) is 61.0 Å². The molecule has 0 unspecified atom stereocenters. The van der Waals surface area contributed by atoms with E-state index in [9.17, 15) is 9.59 Å². The number of benzene rings is 3. The highest BCUT2D eigenvalue weighted by Crippen LogP contribution is 2.39. The summed E-state index contributed by atoms with van der Waals surface area (Å²) in [6.07, 6.45) is 1.72. The first kappa shape index (κ1) is 22.4. The summed E-state index contributed by atoms with van der Waals surface area (Å²) >= 11 is 1.28. The fourth-order valence-corrected chi connectivity index (χ4v) is 4.36. The Labute approximate surface area is 196 Å². The zero-order valence-corrected chi connectivity index (χ0v) is 19.0. The third-order valence-electron chi connectivity index (χ3n) is 5.05. The second kappa shape index (κ2) is 9.75. The Morgan fingerprint density at radius 1 is 1.00 bits per heavy atom. The van der Waals surface area contributed by atoms with Gasteiger partial charge in [-0.1, -0.05) is 54.6 Å². The van der Waals surface area contributed by atoms with Gasteiger partial charge in [-0.2, -0.15) is 0 Å². The molecule has 1 amide bonds. The number of carbonyl (C=O) groups is 2. The number of carboxylic acids is 1. The molecule has 7 heteroatoms. The van der Waals surface area contributed by atoms with Crippen molar-refractivity contribution in [3.05, 3.63) is 94.4 Å². The van der Waals surface area contributed by atoms with Gasteiger partial charge in [0.25, 0.3) is 5.91 Å². The number of para-hydroxylation sites is 3. The van der Waals surface area contributed by atoms with Gasteiger partial charge in [0, 0.05) is 5.56 Å². The lowest BCUT2D eigenvalue weighted by Crippen LogP contribution is -2.29. The quantitative estimate of drug-likeness (QED) is 0.488. The molecule has 1 saturated heterocycles. The minimum Gasteiger partial charge on any atom is -0.481 e. The molecule has 0 aromatic heterocycles. The second-order valence-electron chi connectivity index (χ2n) is 7.44. The first-order valence-corrected chi connectivity index (χ1v) is 11.1. The Morgan fingerprint density at radius 2 is 1.67 bits per heavy atom. The molecule has 1 N–H and O–H groups in total. The number of aliphatic carboxylic acids is 1. The average Bonchev–Trinajstić information content (AvgIpc) is 3.09. The van der Waals surface area contributed by atoms with Gasteiger partial charge in [0.2, 0.25) is 0 Å². The lowest BCUT2D eigenvalue weighted by atomic mass is 10.1. The number of amidine groups is 1. The van der Waals surface area contributed by atoms with E-state index >= 15 is 0 Å². The molecule has 0 atom stereocenters. The van der Waals surface area contributed by atoms with Gasteiger partial charge in [0.1, 0.15) is 5.75 Å². The van der Waals surface area contributed by atoms with E-state index in [0.29, 0.717) is 21.4 Å². The number of rotatable bonds is 6. The van der Waals surface area contributed by atoms with E-state index in [-0.39, 0.29) is 5.91 Å². The molecule has 166 valence electrons. The molecule has 0 bridgehead atoms. The van der Waals surface area contributed by atoms with Gasteiger partial charge in [0.05, 0.1) is 16.3 Å². The Hall–Kier alpha value is -3.84. The molecule has 1 aliphatic rings. The van der Waals surface area contributed by atoms with Crippen molar-refractivity contribution in [2.45, 2.75) is 13.8 Å². The minimum absolute atomic E-state index is 0.199. The molecular formula is C26H22N2O4S. The van der Waals surface area contributed by atoms with Crippen LogP contribution in [-0.4, -0.2) is 28.8 Å². The third kappa shape index (κ3) is 4.99. The number of amides is 1. The molecule has 3 aromatic carbocycles. The van der Waals surface area contributed by atoms with Crippen molar-refractivity contribution in [2.75, 3.05) is 11.5 Å². The summed E-state index contributed by atoms with van der Waals surface area (Å²) in [5.74, 6) is -0.871. The number of hydrogen-bond donors (Lipinski definition) is 1. The van der Waals surface area contributed by atoms with Crippen LogP contribution in [0.5, 0.6) is 5.75 Å². The molecular weight excluding hydrogens is 436 g/mol. The van der Waals surface area contributed by atoms with Crippen molar-refractivity contribution < 1.29 is 19.4 Å². The normalized spacial score (nSPS) is 15.9. The number of hydrogen-bond acceptors (Lipinski definition) is 5. The van der Waals surface area contributed by atoms with Crippen LogP contribution in [0.4, 0.5) is 11.4 Å². The van der Waals surface area contributed by atoms with E-state index in [1.54, 1.807) is 29.2 Å². The lowest BCUT2D eigenvalue weighted by molar-refractivity contribution is -0.139. The van der Waals surface area contributed by atoms with Crippen LogP contribution in [-0.2, 0) is 9.59 Å². The van der Waals surface area contributed by atoms with Gasteiger partial charge >= 0.3 is 5.97 Å². The molecule has 3 aromatic rings. The van der Waals surface area contributed by atoms with Crippen molar-refractivity contribution in [3.8, 4) is 5.75 Å². The summed E-state index contributed by atoms with van der Waals surface area (Å²) in [4.78, 5) is 31.4. The second-order valence-corrected chi connectivity index (χ2v) is 8.45. The summed E-state index contributed by atoms with van der Waals surface area (Å²) in [6, 6.07) is 22.5. The van der Waals surface area contributed by atoms with Crippen molar-refractivity contribution in [2.24, 2.45) is 4.99 Å². The smallest absolute Gasteiger partial charge is 0.341 e. The van der Waals surface area contributed by atoms with Crippen LogP contribution >= 0.6 is 11.8 Å². The van der Waals surface area contributed by atoms with E-state index in [4.69, 9.17) is 14.8 Å². The molecule has 6 nitrogen and oxygen atoms in total. The van der Waals surface area contributed by atoms with Crippen molar-refractivity contribution in [1.82, 2.24) is 0 Å². The zero-order chi connectivity index (χ0) is 23.4. The molecule has 0 aliphatic carbocycles. The highest BCUT2D eigenvalue weighted by atomic mass is 32.2. The Kier molecular flexibility index (Phi) is 6.60. The maximum atomic E-state index is 13.5. The lowest BCUT2D eigenvalue weighted by Gasteiger charge is -2.18. The standard InChI is InChI=1S/C26H22N2O4S/c1-17-9-3-6-12-20(17)27-26-28(21-13-7-4-10-18(21)2)25(31)23(33-26)15-19-11-5-8-14-22(19)32-16-24(29)30/h3-15H,16H2,1-2H3,(H,29,30). The first-order chi connectivity index (χ1) is 15.9. The Bertz CT molecular complexity index is 1280. The summed E-state index contributed by atoms with van der Waals surface area (Å²) in [7, 11) is 0.